The highest BCUT2D eigenvalue weighted by molar-refractivity contribution is 6.08. The fourth-order valence-electron chi connectivity index (χ4n) is 2.95. The zero-order chi connectivity index (χ0) is 18.1. The first-order valence-electron chi connectivity index (χ1n) is 8.59. The highest BCUT2D eigenvalue weighted by atomic mass is 16.1. The van der Waals surface area contributed by atoms with Gasteiger partial charge in [-0.25, -0.2) is 9.67 Å². The molecule has 0 bridgehead atoms. The lowest BCUT2D eigenvalue weighted by molar-refractivity contribution is 0.102. The van der Waals surface area contributed by atoms with Crippen LogP contribution in [0.5, 0.6) is 0 Å². The summed E-state index contributed by atoms with van der Waals surface area (Å²) in [5, 5.41) is 9.40. The van der Waals surface area contributed by atoms with Crippen LogP contribution in [0.1, 0.15) is 24.2 Å². The van der Waals surface area contributed by atoms with Crippen molar-refractivity contribution in [1.29, 1.82) is 0 Å². The maximum atomic E-state index is 12.5. The summed E-state index contributed by atoms with van der Waals surface area (Å²) in [6, 6.07) is 13.3. The number of carbonyl (C=O) groups excluding carboxylic acids is 1. The topological polar surface area (TPSA) is 72.7 Å². The van der Waals surface area contributed by atoms with E-state index >= 15 is 0 Å². The Balaban J connectivity index is 1.82. The van der Waals surface area contributed by atoms with Gasteiger partial charge in [-0.15, -0.1) is 0 Å². The van der Waals surface area contributed by atoms with Gasteiger partial charge >= 0.3 is 0 Å². The average Bonchev–Trinajstić information content (AvgIpc) is 2.96. The number of nitrogens with one attached hydrogen (secondary N) is 1. The Morgan fingerprint density at radius 3 is 2.69 bits per heavy atom. The Hall–Kier alpha value is -3.28. The van der Waals surface area contributed by atoms with Gasteiger partial charge in [0.2, 0.25) is 0 Å². The van der Waals surface area contributed by atoms with Crippen molar-refractivity contribution in [2.75, 3.05) is 5.32 Å². The van der Waals surface area contributed by atoms with Crippen LogP contribution in [0.2, 0.25) is 0 Å². The van der Waals surface area contributed by atoms with E-state index in [0.29, 0.717) is 17.3 Å². The number of hydrogen-bond acceptors (Lipinski definition) is 4. The highest BCUT2D eigenvalue weighted by Gasteiger charge is 2.16. The summed E-state index contributed by atoms with van der Waals surface area (Å²) in [4.78, 5) is 21.3. The van der Waals surface area contributed by atoms with E-state index in [1.54, 1.807) is 24.5 Å². The van der Waals surface area contributed by atoms with Gasteiger partial charge in [-0.3, -0.25) is 9.78 Å². The minimum atomic E-state index is -0.211. The van der Waals surface area contributed by atoms with Crippen LogP contribution in [0.3, 0.4) is 0 Å². The summed E-state index contributed by atoms with van der Waals surface area (Å²) in [6.45, 7) is 4.99. The second-order valence-electron chi connectivity index (χ2n) is 6.67. The van der Waals surface area contributed by atoms with E-state index in [9.17, 15) is 4.79 Å². The van der Waals surface area contributed by atoms with E-state index in [1.807, 2.05) is 35.0 Å². The molecule has 0 radical (unpaired) electrons. The van der Waals surface area contributed by atoms with Gasteiger partial charge in [-0.2, -0.15) is 5.10 Å². The van der Waals surface area contributed by atoms with E-state index in [0.717, 1.165) is 28.5 Å². The van der Waals surface area contributed by atoms with Crippen molar-refractivity contribution in [3.63, 3.8) is 0 Å². The lowest BCUT2D eigenvalue weighted by Crippen LogP contribution is -2.13. The molecule has 6 heteroatoms. The van der Waals surface area contributed by atoms with Crippen LogP contribution in [0, 0.1) is 5.92 Å². The number of hydrogen-bond donors (Lipinski definition) is 1. The third-order valence-electron chi connectivity index (χ3n) is 4.14. The van der Waals surface area contributed by atoms with Crippen molar-refractivity contribution in [2.24, 2.45) is 5.92 Å². The van der Waals surface area contributed by atoms with Crippen molar-refractivity contribution >= 4 is 33.7 Å². The predicted molar refractivity (Wildman–Crippen MR) is 102 cm³/mol. The Labute approximate surface area is 150 Å². The molecule has 3 heterocycles. The van der Waals surface area contributed by atoms with Gasteiger partial charge in [0.15, 0.2) is 11.5 Å². The average molecular weight is 345 g/mol. The number of aromatic nitrogens is 4. The van der Waals surface area contributed by atoms with Gasteiger partial charge in [0, 0.05) is 29.9 Å². The monoisotopic (exact) mass is 345 g/mol. The first kappa shape index (κ1) is 16.2. The molecule has 0 unspecified atom stereocenters. The number of carbonyl (C=O) groups is 1. The van der Waals surface area contributed by atoms with E-state index in [2.05, 4.69) is 29.2 Å². The van der Waals surface area contributed by atoms with Crippen LogP contribution in [-0.4, -0.2) is 25.7 Å². The molecule has 0 saturated heterocycles. The van der Waals surface area contributed by atoms with Crippen LogP contribution in [0.4, 0.5) is 5.82 Å². The Kier molecular flexibility index (Phi) is 4.08. The van der Waals surface area contributed by atoms with Gasteiger partial charge in [-0.05, 0) is 30.2 Å². The first-order chi connectivity index (χ1) is 12.6. The van der Waals surface area contributed by atoms with Crippen LogP contribution in [-0.2, 0) is 6.54 Å². The molecule has 0 aliphatic heterocycles. The molecule has 0 aliphatic rings. The zero-order valence-corrected chi connectivity index (χ0v) is 14.7. The summed E-state index contributed by atoms with van der Waals surface area (Å²) < 4.78 is 1.87. The Morgan fingerprint density at radius 2 is 1.92 bits per heavy atom. The lowest BCUT2D eigenvalue weighted by Gasteiger charge is -2.06. The smallest absolute Gasteiger partial charge is 0.256 e. The second kappa shape index (κ2) is 6.55. The molecule has 1 aromatic carbocycles. The number of para-hydroxylation sites is 1. The number of anilines is 1. The number of pyridine rings is 2. The fraction of sp³-hybridized carbons (Fsp3) is 0.200. The van der Waals surface area contributed by atoms with Gasteiger partial charge in [0.05, 0.1) is 10.9 Å². The summed E-state index contributed by atoms with van der Waals surface area (Å²) in [7, 11) is 0. The number of fused-ring (bicyclic) bond motifs is 2. The normalized spacial score (nSPS) is 11.3. The maximum absolute atomic E-state index is 12.5. The molecule has 4 rings (SSSR count). The molecule has 130 valence electrons. The summed E-state index contributed by atoms with van der Waals surface area (Å²) in [5.74, 6) is 0.729. The molecular formula is C20H19N5O. The molecule has 0 saturated carbocycles. The number of rotatable bonds is 4. The van der Waals surface area contributed by atoms with Crippen LogP contribution in [0.15, 0.2) is 54.9 Å². The van der Waals surface area contributed by atoms with Crippen molar-refractivity contribution < 1.29 is 4.79 Å². The lowest BCUT2D eigenvalue weighted by atomic mass is 10.2. The molecular weight excluding hydrogens is 326 g/mol. The molecule has 1 amide bonds. The van der Waals surface area contributed by atoms with Gasteiger partial charge in [-0.1, -0.05) is 32.0 Å². The van der Waals surface area contributed by atoms with Crippen molar-refractivity contribution in [3.8, 4) is 0 Å². The second-order valence-corrected chi connectivity index (χ2v) is 6.67. The predicted octanol–water partition coefficient (Wildman–Crippen LogP) is 3.89. The fourth-order valence-corrected chi connectivity index (χ4v) is 2.95. The van der Waals surface area contributed by atoms with Crippen LogP contribution < -0.4 is 5.32 Å². The first-order valence-corrected chi connectivity index (χ1v) is 8.59. The van der Waals surface area contributed by atoms with Crippen LogP contribution >= 0.6 is 0 Å². The van der Waals surface area contributed by atoms with E-state index in [1.165, 1.54) is 0 Å². The molecule has 0 fully saturated rings. The molecule has 26 heavy (non-hydrogen) atoms. The van der Waals surface area contributed by atoms with Crippen molar-refractivity contribution in [1.82, 2.24) is 19.7 Å². The molecule has 0 atom stereocenters. The van der Waals surface area contributed by atoms with Crippen LogP contribution in [0.25, 0.3) is 21.9 Å². The zero-order valence-electron chi connectivity index (χ0n) is 14.7. The van der Waals surface area contributed by atoms with E-state index in [-0.39, 0.29) is 5.91 Å². The SMILES string of the molecule is CC(C)Cn1nc(NC(=O)c2ccncc2)c2cc3ccccc3nc21. The number of benzene rings is 1. The Morgan fingerprint density at radius 1 is 1.15 bits per heavy atom. The molecule has 6 nitrogen and oxygen atoms in total. The van der Waals surface area contributed by atoms with E-state index < -0.39 is 0 Å². The third kappa shape index (κ3) is 3.01. The highest BCUT2D eigenvalue weighted by Crippen LogP contribution is 2.26. The molecule has 3 aromatic heterocycles. The molecule has 0 spiro atoms. The molecule has 4 aromatic rings. The summed E-state index contributed by atoms with van der Waals surface area (Å²) in [5.41, 5.74) is 2.24. The van der Waals surface area contributed by atoms with Crippen molar-refractivity contribution in [2.45, 2.75) is 20.4 Å². The summed E-state index contributed by atoms with van der Waals surface area (Å²) in [6.07, 6.45) is 3.19. The Bertz CT molecular complexity index is 1090. The van der Waals surface area contributed by atoms with E-state index in [4.69, 9.17) is 4.98 Å². The minimum Gasteiger partial charge on any atom is -0.304 e. The molecule has 1 N–H and O–H groups in total. The molecule has 0 aliphatic carbocycles. The van der Waals surface area contributed by atoms with Gasteiger partial charge in [0.1, 0.15) is 0 Å². The largest absolute Gasteiger partial charge is 0.304 e. The van der Waals surface area contributed by atoms with Crippen molar-refractivity contribution in [3.05, 3.63) is 60.4 Å². The number of amides is 1. The minimum absolute atomic E-state index is 0.211. The summed E-state index contributed by atoms with van der Waals surface area (Å²) >= 11 is 0. The quantitative estimate of drug-likeness (QED) is 0.609. The van der Waals surface area contributed by atoms with Gasteiger partial charge < -0.3 is 5.32 Å². The number of nitrogens with zero attached hydrogens (tertiary/aromatic N) is 4. The standard InChI is InChI=1S/C20H19N5O/c1-13(2)12-25-19-16(11-15-5-3-4-6-17(15)22-19)18(24-25)23-20(26)14-7-9-21-10-8-14/h3-11,13H,12H2,1-2H3,(H,23,24,26). The van der Waals surface area contributed by atoms with Gasteiger partial charge in [0.25, 0.3) is 5.91 Å². The maximum Gasteiger partial charge on any atom is 0.256 e. The third-order valence-corrected chi connectivity index (χ3v) is 4.14.